The van der Waals surface area contributed by atoms with Gasteiger partial charge in [0.25, 0.3) is 0 Å². The van der Waals surface area contributed by atoms with Gasteiger partial charge in [-0.25, -0.2) is 0 Å². The smallest absolute Gasteiger partial charge is 0.120 e. The molecule has 2 nitrogen and oxygen atoms in total. The van der Waals surface area contributed by atoms with Gasteiger partial charge in [-0.15, -0.1) is 0 Å². The summed E-state index contributed by atoms with van der Waals surface area (Å²) in [5, 5.41) is 0. The topological polar surface area (TPSA) is 35.2 Å². The second kappa shape index (κ2) is 6.22. The molecule has 0 saturated carbocycles. The zero-order valence-corrected chi connectivity index (χ0v) is 10.7. The Kier molecular flexibility index (Phi) is 4.37. The summed E-state index contributed by atoms with van der Waals surface area (Å²) in [6.07, 6.45) is 1.03. The van der Waals surface area contributed by atoms with Gasteiger partial charge in [0.05, 0.1) is 0 Å². The van der Waals surface area contributed by atoms with Crippen molar-refractivity contribution in [1.82, 2.24) is 0 Å². The molecule has 94 valence electrons. The van der Waals surface area contributed by atoms with Gasteiger partial charge in [-0.05, 0) is 35.2 Å². The predicted octanol–water partition coefficient (Wildman–Crippen LogP) is 3.29. The molecule has 0 bridgehead atoms. The highest BCUT2D eigenvalue weighted by molar-refractivity contribution is 5.29. The first kappa shape index (κ1) is 12.7. The Morgan fingerprint density at radius 1 is 0.944 bits per heavy atom. The van der Waals surface area contributed by atoms with Gasteiger partial charge in [0.1, 0.15) is 12.4 Å². The van der Waals surface area contributed by atoms with E-state index in [1.807, 2.05) is 24.3 Å². The fourth-order valence-electron chi connectivity index (χ4n) is 1.79. The van der Waals surface area contributed by atoms with Gasteiger partial charge in [-0.2, -0.15) is 0 Å². The average molecular weight is 241 g/mol. The van der Waals surface area contributed by atoms with Crippen LogP contribution in [0.15, 0.2) is 48.5 Å². The number of hydrogen-bond donors (Lipinski definition) is 1. The third-order valence-electron chi connectivity index (χ3n) is 2.97. The van der Waals surface area contributed by atoms with E-state index in [2.05, 4.69) is 31.2 Å². The zero-order valence-electron chi connectivity index (χ0n) is 10.7. The van der Waals surface area contributed by atoms with Crippen LogP contribution in [0.1, 0.15) is 23.6 Å². The van der Waals surface area contributed by atoms with Gasteiger partial charge in [0.15, 0.2) is 0 Å². The molecule has 2 aromatic rings. The minimum absolute atomic E-state index is 0.583. The van der Waals surface area contributed by atoms with Crippen molar-refractivity contribution in [1.29, 1.82) is 0 Å². The molecule has 2 rings (SSSR count). The van der Waals surface area contributed by atoms with Crippen LogP contribution in [0.25, 0.3) is 0 Å². The normalized spacial score (nSPS) is 10.3. The van der Waals surface area contributed by atoms with Crippen molar-refractivity contribution >= 4 is 0 Å². The lowest BCUT2D eigenvalue weighted by Gasteiger charge is -2.08. The fourth-order valence-corrected chi connectivity index (χ4v) is 1.79. The maximum atomic E-state index is 5.78. The molecule has 2 N–H and O–H groups in total. The third-order valence-corrected chi connectivity index (χ3v) is 2.97. The van der Waals surface area contributed by atoms with E-state index >= 15 is 0 Å². The van der Waals surface area contributed by atoms with Crippen LogP contribution in [0.3, 0.4) is 0 Å². The number of ether oxygens (including phenoxy) is 1. The van der Waals surface area contributed by atoms with Crippen molar-refractivity contribution in [3.63, 3.8) is 0 Å². The second-order valence-electron chi connectivity index (χ2n) is 4.31. The molecule has 0 radical (unpaired) electrons. The Hall–Kier alpha value is -1.80. The van der Waals surface area contributed by atoms with Gasteiger partial charge in [-0.1, -0.05) is 43.3 Å². The maximum absolute atomic E-state index is 5.78. The van der Waals surface area contributed by atoms with Crippen LogP contribution in [-0.2, 0) is 19.6 Å². The Morgan fingerprint density at radius 3 is 2.33 bits per heavy atom. The molecule has 0 aliphatic carbocycles. The lowest BCUT2D eigenvalue weighted by atomic mass is 10.1. The Morgan fingerprint density at radius 2 is 1.67 bits per heavy atom. The molecule has 0 aromatic heterocycles. The van der Waals surface area contributed by atoms with Crippen LogP contribution in [0.5, 0.6) is 5.75 Å². The Labute approximate surface area is 108 Å². The largest absolute Gasteiger partial charge is 0.489 e. The summed E-state index contributed by atoms with van der Waals surface area (Å²) >= 11 is 0. The zero-order chi connectivity index (χ0) is 12.8. The minimum Gasteiger partial charge on any atom is -0.489 e. The van der Waals surface area contributed by atoms with Gasteiger partial charge < -0.3 is 10.5 Å². The molecule has 18 heavy (non-hydrogen) atoms. The first-order valence-electron chi connectivity index (χ1n) is 6.31. The van der Waals surface area contributed by atoms with Crippen molar-refractivity contribution in [2.75, 3.05) is 0 Å². The van der Waals surface area contributed by atoms with Crippen molar-refractivity contribution in [3.8, 4) is 5.75 Å². The van der Waals surface area contributed by atoms with Crippen molar-refractivity contribution < 1.29 is 4.74 Å². The van der Waals surface area contributed by atoms with Crippen LogP contribution in [-0.4, -0.2) is 0 Å². The van der Waals surface area contributed by atoms with Gasteiger partial charge in [0, 0.05) is 6.54 Å². The lowest BCUT2D eigenvalue weighted by Crippen LogP contribution is -1.98. The molecule has 0 aliphatic heterocycles. The second-order valence-corrected chi connectivity index (χ2v) is 4.31. The molecule has 0 amide bonds. The SMILES string of the molecule is CCc1cccc(OCc2ccc(CN)cc2)c1. The van der Waals surface area contributed by atoms with E-state index in [4.69, 9.17) is 10.5 Å². The number of rotatable bonds is 5. The van der Waals surface area contributed by atoms with Crippen LogP contribution in [0.4, 0.5) is 0 Å². The molecule has 2 heteroatoms. The molecule has 0 unspecified atom stereocenters. The highest BCUT2D eigenvalue weighted by Gasteiger charge is 1.97. The van der Waals surface area contributed by atoms with Gasteiger partial charge >= 0.3 is 0 Å². The van der Waals surface area contributed by atoms with Crippen LogP contribution < -0.4 is 10.5 Å². The first-order chi connectivity index (χ1) is 8.81. The van der Waals surface area contributed by atoms with Crippen LogP contribution >= 0.6 is 0 Å². The first-order valence-corrected chi connectivity index (χ1v) is 6.31. The number of nitrogens with two attached hydrogens (primary N) is 1. The molecular formula is C16H19NO. The molecule has 0 spiro atoms. The standard InChI is InChI=1S/C16H19NO/c1-2-13-4-3-5-16(10-13)18-12-15-8-6-14(11-17)7-9-15/h3-10H,2,11-12,17H2,1H3. The maximum Gasteiger partial charge on any atom is 0.120 e. The Bertz CT molecular complexity index is 491. The fraction of sp³-hybridized carbons (Fsp3) is 0.250. The summed E-state index contributed by atoms with van der Waals surface area (Å²) in [6.45, 7) is 3.32. The van der Waals surface area contributed by atoms with E-state index in [1.54, 1.807) is 0 Å². The van der Waals surface area contributed by atoms with E-state index in [9.17, 15) is 0 Å². The summed E-state index contributed by atoms with van der Waals surface area (Å²) < 4.78 is 5.78. The van der Waals surface area contributed by atoms with Gasteiger partial charge in [-0.3, -0.25) is 0 Å². The summed E-state index contributed by atoms with van der Waals surface area (Å²) in [4.78, 5) is 0. The van der Waals surface area contributed by atoms with E-state index < -0.39 is 0 Å². The summed E-state index contributed by atoms with van der Waals surface area (Å²) in [5.74, 6) is 0.928. The summed E-state index contributed by atoms with van der Waals surface area (Å²) in [6, 6.07) is 16.4. The number of aryl methyl sites for hydroxylation is 1. The predicted molar refractivity (Wildman–Crippen MR) is 74.5 cm³/mol. The quantitative estimate of drug-likeness (QED) is 0.871. The molecule has 0 atom stereocenters. The molecule has 0 saturated heterocycles. The minimum atomic E-state index is 0.583. The van der Waals surface area contributed by atoms with E-state index in [0.717, 1.165) is 23.3 Å². The van der Waals surface area contributed by atoms with E-state index in [0.29, 0.717) is 13.2 Å². The van der Waals surface area contributed by atoms with Gasteiger partial charge in [0.2, 0.25) is 0 Å². The van der Waals surface area contributed by atoms with Crippen molar-refractivity contribution in [2.24, 2.45) is 5.73 Å². The molecule has 2 aromatic carbocycles. The summed E-state index contributed by atoms with van der Waals surface area (Å²) in [5.41, 5.74) is 9.17. The van der Waals surface area contributed by atoms with Crippen LogP contribution in [0, 0.1) is 0 Å². The van der Waals surface area contributed by atoms with Crippen molar-refractivity contribution in [2.45, 2.75) is 26.5 Å². The highest BCUT2D eigenvalue weighted by Crippen LogP contribution is 2.15. The molecule has 0 heterocycles. The van der Waals surface area contributed by atoms with E-state index in [1.165, 1.54) is 5.56 Å². The Balaban J connectivity index is 1.97. The van der Waals surface area contributed by atoms with Crippen LogP contribution in [0.2, 0.25) is 0 Å². The number of hydrogen-bond acceptors (Lipinski definition) is 2. The monoisotopic (exact) mass is 241 g/mol. The molecule has 0 aliphatic rings. The summed E-state index contributed by atoms with van der Waals surface area (Å²) in [7, 11) is 0. The molecule has 0 fully saturated rings. The third kappa shape index (κ3) is 3.34. The number of benzene rings is 2. The lowest BCUT2D eigenvalue weighted by molar-refractivity contribution is 0.306. The van der Waals surface area contributed by atoms with E-state index in [-0.39, 0.29) is 0 Å². The highest BCUT2D eigenvalue weighted by atomic mass is 16.5. The molecular weight excluding hydrogens is 222 g/mol. The van der Waals surface area contributed by atoms with Crippen molar-refractivity contribution in [3.05, 3.63) is 65.2 Å². The average Bonchev–Trinajstić information content (AvgIpc) is 2.46.